The number of non-ortho nitro benzene ring substituents is 1. The predicted molar refractivity (Wildman–Crippen MR) is 129 cm³/mol. The number of amides is 2. The van der Waals surface area contributed by atoms with E-state index in [1.165, 1.54) is 12.1 Å². The first-order valence-corrected chi connectivity index (χ1v) is 11.8. The Balaban J connectivity index is 0.000000293. The molecule has 2 saturated heterocycles. The Labute approximate surface area is 215 Å². The number of anilines is 2. The number of para-hydroxylation sites is 1. The minimum absolute atomic E-state index is 0.0180. The normalized spacial score (nSPS) is 15.0. The van der Waals surface area contributed by atoms with Gasteiger partial charge in [0.05, 0.1) is 18.1 Å². The van der Waals surface area contributed by atoms with Crippen LogP contribution in [-0.4, -0.2) is 84.1 Å². The summed E-state index contributed by atoms with van der Waals surface area (Å²) in [5.41, 5.74) is 1.64. The lowest BCUT2D eigenvalue weighted by Crippen LogP contribution is -2.41. The molecule has 0 atom stereocenters. The standard InChI is InChI=1S/C10H10N2O4.C10H11NO2.HNO3.H2O4S/c13-10-7-16-6-5-11(10)8-1-3-9(4-2-8)12(14)15;12-10-8-13-7-6-11(10)9-4-2-1-3-5-9;2-1(3)4;1-5(2,3)4/h1-4H,5-7H2;1-5H,6-8H2;(H,2,3,4);(H2,1,2,3,4). The number of nitro benzene ring substituents is 1. The van der Waals surface area contributed by atoms with Crippen molar-refractivity contribution in [2.24, 2.45) is 0 Å². The molecule has 0 aliphatic carbocycles. The van der Waals surface area contributed by atoms with Gasteiger partial charge in [-0.05, 0) is 24.3 Å². The van der Waals surface area contributed by atoms with Crippen molar-refractivity contribution >= 4 is 39.3 Å². The second-order valence-electron chi connectivity index (χ2n) is 6.99. The Morgan fingerprint density at radius 3 is 1.47 bits per heavy atom. The van der Waals surface area contributed by atoms with E-state index in [-0.39, 0.29) is 30.7 Å². The average Bonchev–Trinajstić information content (AvgIpc) is 2.84. The minimum atomic E-state index is -4.67. The number of rotatable bonds is 3. The third-order valence-corrected chi connectivity index (χ3v) is 4.41. The Morgan fingerprint density at radius 1 is 0.763 bits per heavy atom. The highest BCUT2D eigenvalue weighted by atomic mass is 32.3. The molecule has 0 unspecified atom stereocenters. The quantitative estimate of drug-likeness (QED) is 0.270. The molecule has 0 radical (unpaired) electrons. The van der Waals surface area contributed by atoms with Crippen molar-refractivity contribution in [3.8, 4) is 0 Å². The van der Waals surface area contributed by atoms with Gasteiger partial charge in [-0.3, -0.25) is 28.8 Å². The first kappa shape index (κ1) is 31.8. The number of carbonyl (C=O) groups excluding carboxylic acids is 2. The highest BCUT2D eigenvalue weighted by molar-refractivity contribution is 7.79. The Kier molecular flexibility index (Phi) is 13.2. The van der Waals surface area contributed by atoms with E-state index in [1.807, 2.05) is 30.3 Å². The second-order valence-corrected chi connectivity index (χ2v) is 7.89. The fourth-order valence-electron chi connectivity index (χ4n) is 2.94. The summed E-state index contributed by atoms with van der Waals surface area (Å²) in [5, 5.41) is 24.1. The minimum Gasteiger partial charge on any atom is -0.370 e. The molecule has 2 amide bonds. The summed E-state index contributed by atoms with van der Waals surface area (Å²) < 4.78 is 41.6. The van der Waals surface area contributed by atoms with Gasteiger partial charge in [0.25, 0.3) is 22.6 Å². The Bertz CT molecular complexity index is 1170. The molecule has 4 rings (SSSR count). The number of nitrogens with zero attached hydrogens (tertiary/aromatic N) is 4. The molecule has 2 aromatic rings. The summed E-state index contributed by atoms with van der Waals surface area (Å²) >= 11 is 0. The van der Waals surface area contributed by atoms with Crippen LogP contribution in [0.25, 0.3) is 0 Å². The largest absolute Gasteiger partial charge is 0.394 e. The topological polar surface area (TPSA) is 240 Å². The Morgan fingerprint density at radius 2 is 1.13 bits per heavy atom. The van der Waals surface area contributed by atoms with E-state index in [0.29, 0.717) is 32.0 Å². The number of hydrogen-bond acceptors (Lipinski definition) is 10. The molecule has 2 aliphatic rings. The molecule has 0 saturated carbocycles. The molecule has 2 aliphatic heterocycles. The zero-order chi connectivity index (χ0) is 28.7. The predicted octanol–water partition coefficient (Wildman–Crippen LogP) is 1.01. The number of ether oxygens (including phenoxy) is 2. The number of nitro groups is 1. The van der Waals surface area contributed by atoms with E-state index < -0.39 is 20.4 Å². The molecular weight excluding hydrogens is 536 g/mol. The van der Waals surface area contributed by atoms with Crippen LogP contribution in [0.5, 0.6) is 0 Å². The van der Waals surface area contributed by atoms with Gasteiger partial charge in [-0.1, -0.05) is 18.2 Å². The van der Waals surface area contributed by atoms with E-state index in [9.17, 15) is 19.7 Å². The van der Waals surface area contributed by atoms with Crippen LogP contribution >= 0.6 is 0 Å². The highest BCUT2D eigenvalue weighted by Crippen LogP contribution is 2.20. The lowest BCUT2D eigenvalue weighted by atomic mass is 10.2. The van der Waals surface area contributed by atoms with Gasteiger partial charge in [-0.15, -0.1) is 10.1 Å². The van der Waals surface area contributed by atoms with Crippen LogP contribution < -0.4 is 9.80 Å². The lowest BCUT2D eigenvalue weighted by molar-refractivity contribution is -0.742. The third kappa shape index (κ3) is 13.2. The maximum Gasteiger partial charge on any atom is 0.394 e. The SMILES string of the molecule is O=C1COCCN1c1ccc([N+](=O)[O-])cc1.O=C1COCCN1c1ccccc1.O=S(=O)(O)O.O=[N+]([O-])O. The second kappa shape index (κ2) is 15.8. The van der Waals surface area contributed by atoms with Crippen molar-refractivity contribution in [3.63, 3.8) is 0 Å². The van der Waals surface area contributed by atoms with E-state index >= 15 is 0 Å². The summed E-state index contributed by atoms with van der Waals surface area (Å²) in [7, 11) is -4.67. The van der Waals surface area contributed by atoms with Crippen molar-refractivity contribution in [2.75, 3.05) is 49.3 Å². The first-order chi connectivity index (χ1) is 17.8. The van der Waals surface area contributed by atoms with E-state index in [0.717, 1.165) is 5.69 Å². The van der Waals surface area contributed by atoms with E-state index in [2.05, 4.69) is 0 Å². The zero-order valence-corrected chi connectivity index (χ0v) is 20.4. The number of hydrogen-bond donors (Lipinski definition) is 3. The molecule has 2 heterocycles. The maximum atomic E-state index is 11.5. The fraction of sp³-hybridized carbons (Fsp3) is 0.300. The molecule has 2 fully saturated rings. The summed E-state index contributed by atoms with van der Waals surface area (Å²) in [4.78, 5) is 44.5. The van der Waals surface area contributed by atoms with Gasteiger partial charge in [0, 0.05) is 36.6 Å². The first-order valence-electron chi connectivity index (χ1n) is 10.4. The van der Waals surface area contributed by atoms with E-state index in [4.69, 9.17) is 42.3 Å². The van der Waals surface area contributed by atoms with Crippen LogP contribution in [0.3, 0.4) is 0 Å². The molecular formula is C20H24N4O13S. The van der Waals surface area contributed by atoms with Gasteiger partial charge in [0.1, 0.15) is 13.2 Å². The average molecular weight is 560 g/mol. The molecule has 2 aromatic carbocycles. The Hall–Kier alpha value is -4.23. The summed E-state index contributed by atoms with van der Waals surface area (Å²) in [6.07, 6.45) is 0. The van der Waals surface area contributed by atoms with Crippen LogP contribution in [0.15, 0.2) is 54.6 Å². The van der Waals surface area contributed by atoms with Crippen molar-refractivity contribution in [1.82, 2.24) is 0 Å². The van der Waals surface area contributed by atoms with Crippen molar-refractivity contribution in [1.29, 1.82) is 0 Å². The molecule has 0 bridgehead atoms. The summed E-state index contributed by atoms with van der Waals surface area (Å²) in [6, 6.07) is 15.6. The maximum absolute atomic E-state index is 11.5. The summed E-state index contributed by atoms with van der Waals surface area (Å²) in [6.45, 7) is 2.52. The van der Waals surface area contributed by atoms with Gasteiger partial charge in [0.2, 0.25) is 0 Å². The molecule has 0 aromatic heterocycles. The van der Waals surface area contributed by atoms with Crippen LogP contribution in [0.1, 0.15) is 0 Å². The lowest BCUT2D eigenvalue weighted by Gasteiger charge is -2.26. The van der Waals surface area contributed by atoms with Crippen LogP contribution in [0.4, 0.5) is 17.1 Å². The number of carbonyl (C=O) groups is 2. The van der Waals surface area contributed by atoms with Crippen molar-refractivity contribution in [3.05, 3.63) is 74.8 Å². The van der Waals surface area contributed by atoms with Crippen molar-refractivity contribution in [2.45, 2.75) is 0 Å². The smallest absolute Gasteiger partial charge is 0.370 e. The van der Waals surface area contributed by atoms with Crippen molar-refractivity contribution < 1.29 is 51.8 Å². The molecule has 0 spiro atoms. The monoisotopic (exact) mass is 560 g/mol. The van der Waals surface area contributed by atoms with Gasteiger partial charge in [-0.2, -0.15) is 8.42 Å². The molecule has 17 nitrogen and oxygen atoms in total. The number of morpholine rings is 2. The zero-order valence-electron chi connectivity index (χ0n) is 19.6. The molecule has 3 N–H and O–H groups in total. The fourth-order valence-corrected chi connectivity index (χ4v) is 2.94. The third-order valence-electron chi connectivity index (χ3n) is 4.41. The number of benzene rings is 2. The van der Waals surface area contributed by atoms with Crippen LogP contribution in [-0.2, 0) is 29.5 Å². The summed E-state index contributed by atoms with van der Waals surface area (Å²) in [5.74, 6) is -0.0856. The van der Waals surface area contributed by atoms with E-state index in [1.54, 1.807) is 21.9 Å². The molecule has 18 heteroatoms. The van der Waals surface area contributed by atoms with Gasteiger partial charge in [-0.25, -0.2) is 0 Å². The van der Waals surface area contributed by atoms with Gasteiger partial charge in [0.15, 0.2) is 0 Å². The molecule has 38 heavy (non-hydrogen) atoms. The van der Waals surface area contributed by atoms with Crippen LogP contribution in [0.2, 0.25) is 0 Å². The van der Waals surface area contributed by atoms with Gasteiger partial charge >= 0.3 is 10.4 Å². The molecule has 208 valence electrons. The highest BCUT2D eigenvalue weighted by Gasteiger charge is 2.21. The van der Waals surface area contributed by atoms with Crippen LogP contribution in [0, 0.1) is 20.2 Å². The van der Waals surface area contributed by atoms with Gasteiger partial charge < -0.3 is 24.5 Å².